The summed E-state index contributed by atoms with van der Waals surface area (Å²) in [6, 6.07) is 11.0. The second-order valence-electron chi connectivity index (χ2n) is 7.55. The van der Waals surface area contributed by atoms with Crippen LogP contribution in [0.1, 0.15) is 47.3 Å². The number of piperidine rings is 1. The van der Waals surface area contributed by atoms with Crippen LogP contribution in [-0.4, -0.2) is 49.2 Å². The highest BCUT2D eigenvalue weighted by Gasteiger charge is 2.33. The van der Waals surface area contributed by atoms with E-state index in [0.717, 1.165) is 38.5 Å². The molecule has 1 aliphatic carbocycles. The van der Waals surface area contributed by atoms with Crippen LogP contribution in [0.5, 0.6) is 0 Å². The van der Waals surface area contributed by atoms with E-state index >= 15 is 0 Å². The van der Waals surface area contributed by atoms with E-state index in [1.165, 1.54) is 4.88 Å². The maximum absolute atomic E-state index is 13.0. The van der Waals surface area contributed by atoms with Crippen molar-refractivity contribution in [1.29, 1.82) is 0 Å². The van der Waals surface area contributed by atoms with Gasteiger partial charge in [-0.1, -0.05) is 12.5 Å². The average molecular weight is 419 g/mol. The van der Waals surface area contributed by atoms with Crippen LogP contribution in [0.4, 0.5) is 0 Å². The minimum Gasteiger partial charge on any atom is -0.335 e. The second kappa shape index (κ2) is 8.35. The Morgan fingerprint density at radius 3 is 2.39 bits per heavy atom. The van der Waals surface area contributed by atoms with Gasteiger partial charge < -0.3 is 4.90 Å². The van der Waals surface area contributed by atoms with Crippen molar-refractivity contribution < 1.29 is 13.2 Å². The summed E-state index contributed by atoms with van der Waals surface area (Å²) in [6.45, 7) is 1.88. The summed E-state index contributed by atoms with van der Waals surface area (Å²) < 4.78 is 27.1. The Kier molecular flexibility index (Phi) is 5.85. The van der Waals surface area contributed by atoms with Gasteiger partial charge in [0.1, 0.15) is 0 Å². The maximum Gasteiger partial charge on any atom is 0.254 e. The van der Waals surface area contributed by atoms with Crippen LogP contribution in [0, 0.1) is 0 Å². The van der Waals surface area contributed by atoms with Crippen LogP contribution in [0.2, 0.25) is 0 Å². The quantitative estimate of drug-likeness (QED) is 0.688. The lowest BCUT2D eigenvalue weighted by atomic mass is 10.2. The van der Waals surface area contributed by atoms with Crippen molar-refractivity contribution in [3.8, 4) is 0 Å². The standard InChI is InChI=1S/C21H26N2O3S2/c24-21(23(18-8-9-18)15-12-19-5-4-16-27-19)17-6-10-20(11-7-17)28(25,26)22-13-2-1-3-14-22/h4-7,10-11,16,18H,1-3,8-9,12-15H2. The lowest BCUT2D eigenvalue weighted by Gasteiger charge is -2.26. The molecule has 0 unspecified atom stereocenters. The Balaban J connectivity index is 1.46. The fourth-order valence-corrected chi connectivity index (χ4v) is 5.93. The summed E-state index contributed by atoms with van der Waals surface area (Å²) >= 11 is 1.71. The summed E-state index contributed by atoms with van der Waals surface area (Å²) in [5.41, 5.74) is 0.565. The number of benzene rings is 1. The first-order valence-corrected chi connectivity index (χ1v) is 12.3. The summed E-state index contributed by atoms with van der Waals surface area (Å²) in [6.07, 6.45) is 5.88. The Bertz CT molecular complexity index is 898. The molecule has 0 bridgehead atoms. The molecule has 0 N–H and O–H groups in total. The van der Waals surface area contributed by atoms with Gasteiger partial charge in [0.15, 0.2) is 0 Å². The first kappa shape index (κ1) is 19.6. The Morgan fingerprint density at radius 2 is 1.79 bits per heavy atom. The SMILES string of the molecule is O=C(c1ccc(S(=O)(=O)N2CCCCC2)cc1)N(CCc1cccs1)C1CC1. The average Bonchev–Trinajstić information content (AvgIpc) is 3.43. The van der Waals surface area contributed by atoms with Crippen LogP contribution >= 0.6 is 11.3 Å². The molecule has 2 aromatic rings. The molecular formula is C21H26N2O3S2. The molecule has 0 radical (unpaired) electrons. The zero-order chi connectivity index (χ0) is 19.6. The highest BCUT2D eigenvalue weighted by molar-refractivity contribution is 7.89. The van der Waals surface area contributed by atoms with Crippen molar-refractivity contribution in [3.63, 3.8) is 0 Å². The van der Waals surface area contributed by atoms with E-state index < -0.39 is 10.0 Å². The highest BCUT2D eigenvalue weighted by atomic mass is 32.2. The number of thiophene rings is 1. The number of amides is 1. The summed E-state index contributed by atoms with van der Waals surface area (Å²) in [5.74, 6) is 0.000904. The van der Waals surface area contributed by atoms with E-state index in [0.29, 0.717) is 31.2 Å². The van der Waals surface area contributed by atoms with Gasteiger partial charge in [-0.25, -0.2) is 8.42 Å². The molecule has 1 aliphatic heterocycles. The summed E-state index contributed by atoms with van der Waals surface area (Å²) in [5, 5.41) is 2.06. The molecule has 1 aromatic heterocycles. The van der Waals surface area contributed by atoms with Gasteiger partial charge >= 0.3 is 0 Å². The third-order valence-corrected chi connectivity index (χ3v) is 8.33. The smallest absolute Gasteiger partial charge is 0.254 e. The molecule has 1 saturated carbocycles. The zero-order valence-electron chi connectivity index (χ0n) is 15.9. The van der Waals surface area contributed by atoms with Gasteiger partial charge in [0, 0.05) is 36.1 Å². The van der Waals surface area contributed by atoms with E-state index in [-0.39, 0.29) is 10.8 Å². The largest absolute Gasteiger partial charge is 0.335 e. The minimum absolute atomic E-state index is 0.000904. The number of rotatable bonds is 7. The van der Waals surface area contributed by atoms with Crippen LogP contribution in [-0.2, 0) is 16.4 Å². The van der Waals surface area contributed by atoms with E-state index in [1.54, 1.807) is 39.9 Å². The first-order chi connectivity index (χ1) is 13.6. The van der Waals surface area contributed by atoms with Crippen LogP contribution < -0.4 is 0 Å². The van der Waals surface area contributed by atoms with Crippen molar-refractivity contribution in [3.05, 3.63) is 52.2 Å². The predicted molar refractivity (Wildman–Crippen MR) is 111 cm³/mol. The number of carbonyl (C=O) groups excluding carboxylic acids is 1. The maximum atomic E-state index is 13.0. The molecule has 150 valence electrons. The normalized spacial score (nSPS) is 18.1. The fourth-order valence-electron chi connectivity index (χ4n) is 3.71. The zero-order valence-corrected chi connectivity index (χ0v) is 17.6. The number of nitrogens with zero attached hydrogens (tertiary/aromatic N) is 2. The van der Waals surface area contributed by atoms with Crippen molar-refractivity contribution in [2.24, 2.45) is 0 Å². The molecular weight excluding hydrogens is 392 g/mol. The second-order valence-corrected chi connectivity index (χ2v) is 10.5. The van der Waals surface area contributed by atoms with Crippen LogP contribution in [0.3, 0.4) is 0 Å². The highest BCUT2D eigenvalue weighted by Crippen LogP contribution is 2.29. The van der Waals surface area contributed by atoms with Crippen molar-refractivity contribution >= 4 is 27.3 Å². The number of hydrogen-bond donors (Lipinski definition) is 0. The van der Waals surface area contributed by atoms with Crippen LogP contribution in [0.25, 0.3) is 0 Å². The van der Waals surface area contributed by atoms with Crippen molar-refractivity contribution in [2.45, 2.75) is 49.5 Å². The molecule has 2 aliphatic rings. The molecule has 1 aromatic carbocycles. The lowest BCUT2D eigenvalue weighted by Crippen LogP contribution is -2.36. The molecule has 2 heterocycles. The van der Waals surface area contributed by atoms with Gasteiger partial charge in [0.2, 0.25) is 10.0 Å². The van der Waals surface area contributed by atoms with Gasteiger partial charge in [-0.3, -0.25) is 4.79 Å². The fraction of sp³-hybridized carbons (Fsp3) is 0.476. The van der Waals surface area contributed by atoms with Gasteiger partial charge in [-0.15, -0.1) is 11.3 Å². The monoisotopic (exact) mass is 418 g/mol. The third-order valence-electron chi connectivity index (χ3n) is 5.48. The van der Waals surface area contributed by atoms with E-state index in [4.69, 9.17) is 0 Å². The number of hydrogen-bond acceptors (Lipinski definition) is 4. The topological polar surface area (TPSA) is 57.7 Å². The summed E-state index contributed by atoms with van der Waals surface area (Å²) in [4.78, 5) is 16.5. The van der Waals surface area contributed by atoms with Crippen LogP contribution in [0.15, 0.2) is 46.7 Å². The van der Waals surface area contributed by atoms with Gasteiger partial charge in [-0.2, -0.15) is 4.31 Å². The molecule has 0 atom stereocenters. The number of sulfonamides is 1. The minimum atomic E-state index is -3.46. The lowest BCUT2D eigenvalue weighted by molar-refractivity contribution is 0.0745. The van der Waals surface area contributed by atoms with E-state index in [1.807, 2.05) is 11.0 Å². The predicted octanol–water partition coefficient (Wildman–Crippen LogP) is 3.77. The molecule has 2 fully saturated rings. The summed E-state index contributed by atoms with van der Waals surface area (Å²) in [7, 11) is -3.46. The Hall–Kier alpha value is -1.70. The van der Waals surface area contributed by atoms with Gasteiger partial charge in [-0.05, 0) is 67.8 Å². The Morgan fingerprint density at radius 1 is 1.07 bits per heavy atom. The Labute approximate surface area is 171 Å². The molecule has 28 heavy (non-hydrogen) atoms. The molecule has 7 heteroatoms. The van der Waals surface area contributed by atoms with E-state index in [2.05, 4.69) is 11.4 Å². The molecule has 4 rings (SSSR count). The third kappa shape index (κ3) is 4.31. The van der Waals surface area contributed by atoms with Gasteiger partial charge in [0.25, 0.3) is 5.91 Å². The molecule has 1 amide bonds. The molecule has 5 nitrogen and oxygen atoms in total. The molecule has 1 saturated heterocycles. The van der Waals surface area contributed by atoms with Crippen molar-refractivity contribution in [1.82, 2.24) is 9.21 Å². The molecule has 0 spiro atoms. The number of carbonyl (C=O) groups is 1. The van der Waals surface area contributed by atoms with Crippen molar-refractivity contribution in [2.75, 3.05) is 19.6 Å². The first-order valence-electron chi connectivity index (χ1n) is 9.99. The van der Waals surface area contributed by atoms with E-state index in [9.17, 15) is 13.2 Å². The van der Waals surface area contributed by atoms with Gasteiger partial charge in [0.05, 0.1) is 4.90 Å².